The third-order valence-electron chi connectivity index (χ3n) is 11.0. The molecule has 18 nitrogen and oxygen atoms in total. The van der Waals surface area contributed by atoms with E-state index in [2.05, 4.69) is 9.44 Å². The lowest BCUT2D eigenvalue weighted by molar-refractivity contribution is -0.148. The van der Waals surface area contributed by atoms with E-state index in [0.717, 1.165) is 16.7 Å². The van der Waals surface area contributed by atoms with Crippen molar-refractivity contribution in [2.45, 2.75) is 136 Å². The number of halogens is 1. The van der Waals surface area contributed by atoms with E-state index in [1.54, 1.807) is 91.0 Å². The molecule has 3 atom stereocenters. The van der Waals surface area contributed by atoms with Crippen LogP contribution in [0.2, 0.25) is 0 Å². The second kappa shape index (κ2) is 40.1. The number of ether oxygens (including phenoxy) is 2. The molecule has 0 saturated carbocycles. The molecule has 0 spiro atoms. The second-order valence-corrected chi connectivity index (χ2v) is 28.0. The van der Waals surface area contributed by atoms with Gasteiger partial charge in [-0.3, -0.25) is 18.9 Å². The normalized spacial score (nSPS) is 12.2. The first-order valence-electron chi connectivity index (χ1n) is 26.3. The molecule has 0 aliphatic carbocycles. The second-order valence-electron chi connectivity index (χ2n) is 20.3. The van der Waals surface area contributed by atoms with Crippen LogP contribution in [-0.2, 0) is 93.5 Å². The lowest BCUT2D eigenvalue weighted by Crippen LogP contribution is -2.43. The Morgan fingerprint density at radius 3 is 1.09 bits per heavy atom. The first-order valence-corrected chi connectivity index (χ1v) is 33.5. The van der Waals surface area contributed by atoms with Crippen molar-refractivity contribution >= 4 is 67.8 Å². The number of nitrogens with two attached hydrogens (primary N) is 1. The summed E-state index contributed by atoms with van der Waals surface area (Å²) in [6, 6.07) is 48.8. The zero-order valence-corrected chi connectivity index (χ0v) is 51.7. The van der Waals surface area contributed by atoms with Crippen LogP contribution >= 0.6 is 10.7 Å². The van der Waals surface area contributed by atoms with E-state index in [-0.39, 0.29) is 67.8 Å². The third-order valence-corrected chi connectivity index (χ3v) is 15.6. The number of sulfonamides is 2. The fourth-order valence-corrected chi connectivity index (χ4v) is 11.3. The highest BCUT2D eigenvalue weighted by Crippen LogP contribution is 2.15. The number of aryl methyl sites for hydroxylation is 1. The predicted octanol–water partition coefficient (Wildman–Crippen LogP) is 11.2. The number of benzene rings is 6. The van der Waals surface area contributed by atoms with Crippen LogP contribution in [0, 0.1) is 24.7 Å². The first-order chi connectivity index (χ1) is 38.8. The average molecular weight is 1280 g/mol. The van der Waals surface area contributed by atoms with Crippen molar-refractivity contribution < 1.29 is 67.2 Å². The van der Waals surface area contributed by atoms with Crippen LogP contribution in [0.1, 0.15) is 109 Å². The molecule has 6 N–H and O–H groups in total. The maximum Gasteiger partial charge on any atom is 0.324 e. The van der Waals surface area contributed by atoms with Gasteiger partial charge in [-0.1, -0.05) is 226 Å². The van der Waals surface area contributed by atoms with Gasteiger partial charge >= 0.3 is 17.9 Å². The van der Waals surface area contributed by atoms with Gasteiger partial charge in [0.2, 0.25) is 29.1 Å². The lowest BCUT2D eigenvalue weighted by Gasteiger charge is -2.19. The molecule has 470 valence electrons. The Morgan fingerprint density at radius 2 is 0.776 bits per heavy atom. The summed E-state index contributed by atoms with van der Waals surface area (Å²) in [6.07, 6.45) is 1.30. The Bertz CT molecular complexity index is 3290. The number of carbonyl (C=O) groups excluding carboxylic acids is 2. The molecule has 23 heteroatoms. The minimum absolute atomic E-state index is 0. The quantitative estimate of drug-likeness (QED) is 0.0214. The molecule has 0 unspecified atom stereocenters. The number of rotatable bonds is 24. The molecule has 0 amide bonds. The van der Waals surface area contributed by atoms with Crippen LogP contribution in [0.3, 0.4) is 0 Å². The van der Waals surface area contributed by atoms with Crippen LogP contribution in [0.25, 0.3) is 0 Å². The Labute approximate surface area is 510 Å². The number of carbonyl (C=O) groups is 3. The van der Waals surface area contributed by atoms with Crippen molar-refractivity contribution in [3.63, 3.8) is 0 Å². The van der Waals surface area contributed by atoms with Gasteiger partial charge in [0.15, 0.2) is 0 Å². The Morgan fingerprint density at radius 1 is 0.471 bits per heavy atom. The van der Waals surface area contributed by atoms with Gasteiger partial charge in [-0.2, -0.15) is 8.42 Å². The monoisotopic (exact) mass is 1280 g/mol. The summed E-state index contributed by atoms with van der Waals surface area (Å²) in [4.78, 5) is 34.9. The standard InChI is InChI=1S/C20H25NO4S.C13H19NO4S.C13H19NO2.C7H7ClO2S.C7H8O3S.2CH4/c1-16(2)13-19(20(22)25-14-17-9-5-3-6-10-17)21-26(23,24)15-18-11-7-4-8-12-18;1-10(2)8-12(13(15)16)14-19(17,18)9-11-6-4-3-5-7-11;1-10(2)8-12(14)13(15)16-9-11-6-4-3-5-7-11;8-11(9,10)6-7-4-2-1-3-5-7;1-6-2-4-7(5-3-6)11(8,9)10;;/h3-12,16,19,21H,13-15H2,1-2H3;3-7,10,12,14H,8-9H2,1-2H3,(H,15,16);3-7,10,12H,8-9,14H2,1-2H3;1-5H,6H2;2-5H,1H3,(H,8,9,10);2*1H4/t19-;2*12-;;;;/m000..../s1. The van der Waals surface area contributed by atoms with Crippen LogP contribution in [0.4, 0.5) is 0 Å². The molecular weight excluding hydrogens is 1190 g/mol. The van der Waals surface area contributed by atoms with E-state index in [4.69, 9.17) is 35.5 Å². The molecule has 0 radical (unpaired) electrons. The van der Waals surface area contributed by atoms with Gasteiger partial charge < -0.3 is 20.3 Å². The molecule has 0 bridgehead atoms. The van der Waals surface area contributed by atoms with Crippen molar-refractivity contribution in [2.75, 3.05) is 0 Å². The fourth-order valence-electron chi connectivity index (χ4n) is 7.19. The summed E-state index contributed by atoms with van der Waals surface area (Å²) in [5, 5.41) is 9.02. The fraction of sp³-hybridized carbons (Fsp3) is 0.371. The number of nitrogens with one attached hydrogen (secondary N) is 2. The lowest BCUT2D eigenvalue weighted by atomic mass is 10.1. The summed E-state index contributed by atoms with van der Waals surface area (Å²) in [7, 11) is -9.70. The molecule has 0 heterocycles. The Kier molecular flexibility index (Phi) is 37.1. The topological polar surface area (TPSA) is 297 Å². The Hall–Kier alpha value is -6.34. The van der Waals surface area contributed by atoms with Crippen LogP contribution in [0.5, 0.6) is 0 Å². The van der Waals surface area contributed by atoms with Crippen LogP contribution < -0.4 is 15.2 Å². The van der Waals surface area contributed by atoms with E-state index in [9.17, 15) is 48.1 Å². The van der Waals surface area contributed by atoms with Gasteiger partial charge in [0.1, 0.15) is 31.3 Å². The maximum atomic E-state index is 12.5. The van der Waals surface area contributed by atoms with Crippen molar-refractivity contribution in [2.24, 2.45) is 23.5 Å². The molecule has 0 aliphatic heterocycles. The van der Waals surface area contributed by atoms with Crippen molar-refractivity contribution in [1.82, 2.24) is 9.44 Å². The smallest absolute Gasteiger partial charge is 0.324 e. The molecule has 0 fully saturated rings. The van der Waals surface area contributed by atoms with E-state index >= 15 is 0 Å². The van der Waals surface area contributed by atoms with E-state index in [1.165, 1.54) is 12.1 Å². The minimum Gasteiger partial charge on any atom is -0.480 e. The maximum absolute atomic E-state index is 12.5. The summed E-state index contributed by atoms with van der Waals surface area (Å²) >= 11 is 0. The number of esters is 2. The van der Waals surface area contributed by atoms with Crippen molar-refractivity contribution in [1.29, 1.82) is 0 Å². The van der Waals surface area contributed by atoms with E-state index < -0.39 is 69.3 Å². The van der Waals surface area contributed by atoms with Crippen molar-refractivity contribution in [3.05, 3.63) is 209 Å². The number of hydrogen-bond acceptors (Lipinski definition) is 14. The SMILES string of the molecule is C.C.CC(C)C[C@H](N)C(=O)OCc1ccccc1.CC(C)C[C@H](NS(=O)(=O)Cc1ccccc1)C(=O)O.CC(C)C[C@H](NS(=O)(=O)Cc1ccccc1)C(=O)OCc1ccccc1.Cc1ccc(S(=O)(=O)O)cc1.O=S(=O)(Cl)Cc1ccccc1. The van der Waals surface area contributed by atoms with Crippen LogP contribution in [0.15, 0.2) is 181 Å². The molecular formula is C62H86ClN3O15S4. The number of carboxylic acid groups (broad SMARTS) is 1. The summed E-state index contributed by atoms with van der Waals surface area (Å²) in [6.45, 7) is 13.9. The highest BCUT2D eigenvalue weighted by atomic mass is 35.7. The molecule has 6 aromatic rings. The van der Waals surface area contributed by atoms with Gasteiger partial charge in [0.25, 0.3) is 10.1 Å². The van der Waals surface area contributed by atoms with Crippen molar-refractivity contribution in [3.8, 4) is 0 Å². The number of carboxylic acids is 1. The highest BCUT2D eigenvalue weighted by molar-refractivity contribution is 8.13. The summed E-state index contributed by atoms with van der Waals surface area (Å²) in [5.41, 5.74) is 10.5. The molecule has 0 aliphatic rings. The zero-order valence-electron chi connectivity index (χ0n) is 47.7. The van der Waals surface area contributed by atoms with Gasteiger partial charge in [-0.05, 0) is 83.9 Å². The Balaban J connectivity index is 0.00000107. The third kappa shape index (κ3) is 37.7. The predicted molar refractivity (Wildman–Crippen MR) is 338 cm³/mol. The summed E-state index contributed by atoms with van der Waals surface area (Å²) < 4.78 is 115. The molecule has 0 aromatic heterocycles. The van der Waals surface area contributed by atoms with Gasteiger partial charge in [-0.15, -0.1) is 0 Å². The zero-order chi connectivity index (χ0) is 62.2. The van der Waals surface area contributed by atoms with E-state index in [1.807, 2.05) is 121 Å². The number of hydrogen-bond donors (Lipinski definition) is 5. The molecule has 6 rings (SSSR count). The van der Waals surface area contributed by atoms with E-state index in [0.29, 0.717) is 42.1 Å². The highest BCUT2D eigenvalue weighted by Gasteiger charge is 2.28. The first kappa shape index (κ1) is 78.7. The number of aliphatic carboxylic acids is 1. The van der Waals surface area contributed by atoms with Crippen LogP contribution in [-0.4, -0.2) is 79.4 Å². The average Bonchev–Trinajstić information content (AvgIpc) is 3.41. The molecule has 6 aromatic carbocycles. The van der Waals surface area contributed by atoms with Gasteiger partial charge in [0, 0.05) is 10.7 Å². The molecule has 0 saturated heterocycles. The minimum atomic E-state index is -4.02. The molecule has 85 heavy (non-hydrogen) atoms. The van der Waals surface area contributed by atoms with Gasteiger partial charge in [0.05, 0.1) is 22.2 Å². The summed E-state index contributed by atoms with van der Waals surface area (Å²) in [5.74, 6) is -1.87. The largest absolute Gasteiger partial charge is 0.480 e. The van der Waals surface area contributed by atoms with Gasteiger partial charge in [-0.25, -0.2) is 34.7 Å².